The van der Waals surface area contributed by atoms with Crippen molar-refractivity contribution in [2.24, 2.45) is 0 Å². The second-order valence-electron chi connectivity index (χ2n) is 2.08. The third-order valence-corrected chi connectivity index (χ3v) is 1.20. The predicted molar refractivity (Wildman–Crippen MR) is 34.5 cm³/mol. The Morgan fingerprint density at radius 2 is 2.27 bits per heavy atom. The molecular weight excluding hydrogens is 146 g/mol. The van der Waals surface area contributed by atoms with Gasteiger partial charge in [0.2, 0.25) is 5.76 Å². The summed E-state index contributed by atoms with van der Waals surface area (Å²) < 4.78 is 9.60. The fraction of sp³-hybridized carbons (Fsp3) is 0.167. The lowest BCUT2D eigenvalue weighted by atomic mass is 10.4. The monoisotopic (exact) mass is 151 g/mol. The maximum absolute atomic E-state index is 4.86. The Labute approximate surface area is 62.0 Å². The summed E-state index contributed by atoms with van der Waals surface area (Å²) in [6, 6.07) is 1.73. The van der Waals surface area contributed by atoms with Crippen molar-refractivity contribution in [1.29, 1.82) is 0 Å². The van der Waals surface area contributed by atoms with Gasteiger partial charge in [-0.25, -0.2) is 0 Å². The fourth-order valence-electron chi connectivity index (χ4n) is 0.746. The largest absolute Gasteiger partial charge is 0.351 e. The summed E-state index contributed by atoms with van der Waals surface area (Å²) in [6.45, 7) is 1.82. The minimum Gasteiger partial charge on any atom is -0.351 e. The van der Waals surface area contributed by atoms with E-state index in [1.165, 1.54) is 6.33 Å². The van der Waals surface area contributed by atoms with Crippen molar-refractivity contribution in [2.45, 2.75) is 6.92 Å². The first-order chi connectivity index (χ1) is 5.36. The van der Waals surface area contributed by atoms with E-state index in [0.29, 0.717) is 11.7 Å². The molecule has 56 valence electrons. The zero-order valence-corrected chi connectivity index (χ0v) is 5.81. The summed E-state index contributed by atoms with van der Waals surface area (Å²) >= 11 is 0. The molecular formula is C6H5N3O2. The highest BCUT2D eigenvalue weighted by atomic mass is 16.5. The molecule has 2 heterocycles. The molecule has 0 saturated heterocycles. The molecule has 0 N–H and O–H groups in total. The van der Waals surface area contributed by atoms with Crippen LogP contribution in [-0.4, -0.2) is 15.3 Å². The van der Waals surface area contributed by atoms with Crippen LogP contribution in [0.4, 0.5) is 0 Å². The quantitative estimate of drug-likeness (QED) is 0.609. The molecule has 0 spiro atoms. The smallest absolute Gasteiger partial charge is 0.296 e. The summed E-state index contributed by atoms with van der Waals surface area (Å²) in [6.07, 6.45) is 1.31. The molecule has 0 aromatic carbocycles. The van der Waals surface area contributed by atoms with E-state index in [2.05, 4.69) is 15.3 Å². The minimum atomic E-state index is 0.352. The summed E-state index contributed by atoms with van der Waals surface area (Å²) in [5, 5.41) is 7.10. The molecule has 0 atom stereocenters. The van der Waals surface area contributed by atoms with Gasteiger partial charge >= 0.3 is 0 Å². The number of aryl methyl sites for hydroxylation is 1. The van der Waals surface area contributed by atoms with Crippen LogP contribution in [0.1, 0.15) is 5.69 Å². The molecule has 0 aliphatic carbocycles. The molecule has 11 heavy (non-hydrogen) atoms. The second kappa shape index (κ2) is 2.19. The molecule has 0 unspecified atom stereocenters. The molecule has 5 nitrogen and oxygen atoms in total. The first-order valence-electron chi connectivity index (χ1n) is 3.06. The van der Waals surface area contributed by atoms with Crippen molar-refractivity contribution in [3.8, 4) is 11.7 Å². The SMILES string of the molecule is Cc1cc(-c2ncno2)on1. The van der Waals surface area contributed by atoms with Gasteiger partial charge in [-0.1, -0.05) is 10.3 Å². The Morgan fingerprint density at radius 3 is 2.82 bits per heavy atom. The number of hydrogen-bond acceptors (Lipinski definition) is 5. The van der Waals surface area contributed by atoms with Gasteiger partial charge in [-0.2, -0.15) is 4.98 Å². The van der Waals surface area contributed by atoms with Gasteiger partial charge in [0.1, 0.15) is 0 Å². The lowest BCUT2D eigenvalue weighted by Crippen LogP contribution is -1.69. The molecule has 0 fully saturated rings. The van der Waals surface area contributed by atoms with E-state index < -0.39 is 0 Å². The zero-order chi connectivity index (χ0) is 7.68. The maximum Gasteiger partial charge on any atom is 0.296 e. The third kappa shape index (κ3) is 1.000. The van der Waals surface area contributed by atoms with E-state index in [9.17, 15) is 0 Å². The molecule has 0 aliphatic rings. The Kier molecular flexibility index (Phi) is 1.21. The van der Waals surface area contributed by atoms with Crippen LogP contribution >= 0.6 is 0 Å². The normalized spacial score (nSPS) is 10.3. The summed E-state index contributed by atoms with van der Waals surface area (Å²) in [4.78, 5) is 3.79. The van der Waals surface area contributed by atoms with E-state index in [1.807, 2.05) is 6.92 Å². The number of hydrogen-bond donors (Lipinski definition) is 0. The lowest BCUT2D eigenvalue weighted by Gasteiger charge is -1.78. The van der Waals surface area contributed by atoms with Crippen LogP contribution in [-0.2, 0) is 0 Å². The van der Waals surface area contributed by atoms with Crippen LogP contribution in [0.5, 0.6) is 0 Å². The summed E-state index contributed by atoms with van der Waals surface area (Å²) in [7, 11) is 0. The molecule has 0 aliphatic heterocycles. The summed E-state index contributed by atoms with van der Waals surface area (Å²) in [5.41, 5.74) is 0.790. The molecule has 5 heteroatoms. The average Bonchev–Trinajstić information content (AvgIpc) is 2.55. The van der Waals surface area contributed by atoms with Crippen LogP contribution in [0.25, 0.3) is 11.7 Å². The number of aromatic nitrogens is 3. The lowest BCUT2D eigenvalue weighted by molar-refractivity contribution is 0.382. The first kappa shape index (κ1) is 6.09. The molecule has 0 bridgehead atoms. The van der Waals surface area contributed by atoms with Crippen molar-refractivity contribution in [1.82, 2.24) is 15.3 Å². The average molecular weight is 151 g/mol. The molecule has 2 rings (SSSR count). The highest BCUT2D eigenvalue weighted by Gasteiger charge is 2.08. The maximum atomic E-state index is 4.86. The van der Waals surface area contributed by atoms with Gasteiger partial charge in [0.15, 0.2) is 6.33 Å². The van der Waals surface area contributed by atoms with Crippen molar-refractivity contribution in [3.63, 3.8) is 0 Å². The van der Waals surface area contributed by atoms with Gasteiger partial charge in [-0.15, -0.1) is 0 Å². The Morgan fingerprint density at radius 1 is 1.36 bits per heavy atom. The molecule has 0 saturated carbocycles. The molecule has 2 aromatic heterocycles. The number of rotatable bonds is 1. The first-order valence-corrected chi connectivity index (χ1v) is 3.06. The van der Waals surface area contributed by atoms with E-state index in [0.717, 1.165) is 5.69 Å². The van der Waals surface area contributed by atoms with Gasteiger partial charge in [-0.3, -0.25) is 0 Å². The van der Waals surface area contributed by atoms with Crippen LogP contribution in [0, 0.1) is 6.92 Å². The van der Waals surface area contributed by atoms with Gasteiger partial charge in [0.05, 0.1) is 5.69 Å². The Balaban J connectivity index is 2.45. The van der Waals surface area contributed by atoms with Gasteiger partial charge in [0.25, 0.3) is 5.89 Å². The zero-order valence-electron chi connectivity index (χ0n) is 5.81. The van der Waals surface area contributed by atoms with Crippen LogP contribution in [0.15, 0.2) is 21.4 Å². The Hall–Kier alpha value is -1.65. The van der Waals surface area contributed by atoms with Crippen LogP contribution in [0.2, 0.25) is 0 Å². The van der Waals surface area contributed by atoms with E-state index >= 15 is 0 Å². The summed E-state index contributed by atoms with van der Waals surface area (Å²) in [5.74, 6) is 0.852. The van der Waals surface area contributed by atoms with E-state index in [4.69, 9.17) is 9.05 Å². The van der Waals surface area contributed by atoms with Crippen LogP contribution < -0.4 is 0 Å². The Bertz CT molecular complexity index is 338. The van der Waals surface area contributed by atoms with Crippen molar-refractivity contribution in [3.05, 3.63) is 18.1 Å². The van der Waals surface area contributed by atoms with Crippen molar-refractivity contribution >= 4 is 0 Å². The van der Waals surface area contributed by atoms with Gasteiger partial charge in [-0.05, 0) is 6.92 Å². The van der Waals surface area contributed by atoms with Gasteiger partial charge < -0.3 is 9.05 Å². The predicted octanol–water partition coefficient (Wildman–Crippen LogP) is 1.03. The van der Waals surface area contributed by atoms with Crippen molar-refractivity contribution < 1.29 is 9.05 Å². The highest BCUT2D eigenvalue weighted by molar-refractivity contribution is 5.42. The molecule has 0 radical (unpaired) electrons. The minimum absolute atomic E-state index is 0.352. The molecule has 2 aromatic rings. The van der Waals surface area contributed by atoms with Gasteiger partial charge in [0, 0.05) is 6.07 Å². The topological polar surface area (TPSA) is 65.0 Å². The molecule has 0 amide bonds. The van der Waals surface area contributed by atoms with Crippen molar-refractivity contribution in [2.75, 3.05) is 0 Å². The third-order valence-electron chi connectivity index (χ3n) is 1.20. The number of nitrogens with zero attached hydrogens (tertiary/aromatic N) is 3. The second-order valence-corrected chi connectivity index (χ2v) is 2.08. The highest BCUT2D eigenvalue weighted by Crippen LogP contribution is 2.15. The fourth-order valence-corrected chi connectivity index (χ4v) is 0.746. The van der Waals surface area contributed by atoms with E-state index in [1.54, 1.807) is 6.07 Å². The van der Waals surface area contributed by atoms with E-state index in [-0.39, 0.29) is 0 Å². The van der Waals surface area contributed by atoms with Crippen LogP contribution in [0.3, 0.4) is 0 Å². The standard InChI is InChI=1S/C6H5N3O2/c1-4-2-5(10-9-4)6-7-3-8-11-6/h2-3H,1H3.